The highest BCUT2D eigenvalue weighted by molar-refractivity contribution is 5.90. The van der Waals surface area contributed by atoms with Crippen LogP contribution in [0, 0.1) is 0 Å². The molecule has 2 aromatic heterocycles. The van der Waals surface area contributed by atoms with E-state index in [4.69, 9.17) is 0 Å². The van der Waals surface area contributed by atoms with Gasteiger partial charge >= 0.3 is 0 Å². The average molecular weight is 170 g/mol. The molecule has 1 N–H and O–H groups in total. The lowest BCUT2D eigenvalue weighted by atomic mass is 10.2. The smallest absolute Gasteiger partial charge is 0.116 e. The number of nitrogens with zero attached hydrogens (tertiary/aromatic N) is 3. The zero-order valence-electron chi connectivity index (χ0n) is 6.73. The van der Waals surface area contributed by atoms with E-state index in [-0.39, 0.29) is 0 Å². The summed E-state index contributed by atoms with van der Waals surface area (Å²) in [6.07, 6.45) is 5.08. The third-order valence-corrected chi connectivity index (χ3v) is 2.01. The van der Waals surface area contributed by atoms with Crippen LogP contribution in [0.1, 0.15) is 0 Å². The molecule has 0 aliphatic rings. The Morgan fingerprint density at radius 2 is 1.77 bits per heavy atom. The van der Waals surface area contributed by atoms with Gasteiger partial charge in [0.05, 0.1) is 22.1 Å². The Balaban J connectivity index is 2.57. The summed E-state index contributed by atoms with van der Waals surface area (Å²) in [7, 11) is 0. The van der Waals surface area contributed by atoms with Crippen LogP contribution < -0.4 is 0 Å². The largest absolute Gasteiger partial charge is 0.358 e. The molecule has 0 aliphatic carbocycles. The van der Waals surface area contributed by atoms with E-state index in [1.54, 1.807) is 18.7 Å². The van der Waals surface area contributed by atoms with E-state index in [9.17, 15) is 0 Å². The SMILES string of the molecule is c1nc2cc3ncc[nH]c3cc2n1. The van der Waals surface area contributed by atoms with Gasteiger partial charge in [0.15, 0.2) is 0 Å². The lowest BCUT2D eigenvalue weighted by Crippen LogP contribution is -1.81. The molecule has 0 aliphatic heterocycles. The minimum Gasteiger partial charge on any atom is -0.358 e. The van der Waals surface area contributed by atoms with Crippen LogP contribution >= 0.6 is 0 Å². The van der Waals surface area contributed by atoms with Crippen molar-refractivity contribution in [3.05, 3.63) is 30.9 Å². The molecule has 0 fully saturated rings. The second-order valence-electron chi connectivity index (χ2n) is 2.82. The monoisotopic (exact) mass is 170 g/mol. The lowest BCUT2D eigenvalue weighted by Gasteiger charge is -1.95. The maximum atomic E-state index is 4.21. The Bertz CT molecular complexity index is 520. The van der Waals surface area contributed by atoms with Gasteiger partial charge in [0, 0.05) is 12.4 Å². The summed E-state index contributed by atoms with van der Waals surface area (Å²) in [5.74, 6) is 0. The van der Waals surface area contributed by atoms with Crippen LogP contribution in [0.3, 0.4) is 0 Å². The number of fused-ring (bicyclic) bond motifs is 2. The molecule has 0 atom stereocenters. The molecule has 0 bridgehead atoms. The Hall–Kier alpha value is -1.97. The van der Waals surface area contributed by atoms with Crippen molar-refractivity contribution in [1.29, 1.82) is 0 Å². The maximum absolute atomic E-state index is 4.21. The highest BCUT2D eigenvalue weighted by atomic mass is 14.9. The molecule has 1 aromatic carbocycles. The summed E-state index contributed by atoms with van der Waals surface area (Å²) in [4.78, 5) is 15.5. The fourth-order valence-corrected chi connectivity index (χ4v) is 1.39. The summed E-state index contributed by atoms with van der Waals surface area (Å²) in [6, 6.07) is 3.87. The number of nitrogens with one attached hydrogen (secondary N) is 1. The molecular formula is C9H6N4. The number of aromatic amines is 1. The van der Waals surface area contributed by atoms with E-state index in [0.29, 0.717) is 0 Å². The second-order valence-corrected chi connectivity index (χ2v) is 2.82. The van der Waals surface area contributed by atoms with Crippen molar-refractivity contribution in [2.45, 2.75) is 0 Å². The fraction of sp³-hybridized carbons (Fsp3) is 0. The highest BCUT2D eigenvalue weighted by Crippen LogP contribution is 2.15. The summed E-state index contributed by atoms with van der Waals surface area (Å²) >= 11 is 0. The van der Waals surface area contributed by atoms with E-state index in [1.165, 1.54) is 0 Å². The van der Waals surface area contributed by atoms with Crippen LogP contribution in [0.2, 0.25) is 0 Å². The zero-order valence-corrected chi connectivity index (χ0v) is 6.73. The third kappa shape index (κ3) is 0.885. The number of aromatic nitrogens is 4. The van der Waals surface area contributed by atoms with Crippen LogP contribution in [-0.4, -0.2) is 19.9 Å². The van der Waals surface area contributed by atoms with E-state index < -0.39 is 0 Å². The van der Waals surface area contributed by atoms with Crippen LogP contribution in [0.5, 0.6) is 0 Å². The molecule has 0 saturated carbocycles. The first-order valence-electron chi connectivity index (χ1n) is 3.97. The van der Waals surface area contributed by atoms with E-state index in [0.717, 1.165) is 22.1 Å². The first kappa shape index (κ1) is 6.54. The predicted octanol–water partition coefficient (Wildman–Crippen LogP) is 1.51. The molecule has 0 amide bonds. The van der Waals surface area contributed by atoms with E-state index in [2.05, 4.69) is 19.9 Å². The lowest BCUT2D eigenvalue weighted by molar-refractivity contribution is 1.30. The number of hydrogen-bond donors (Lipinski definition) is 1. The summed E-state index contributed by atoms with van der Waals surface area (Å²) in [6.45, 7) is 0. The van der Waals surface area contributed by atoms with Crippen molar-refractivity contribution in [2.24, 2.45) is 0 Å². The predicted molar refractivity (Wildman–Crippen MR) is 49.2 cm³/mol. The summed E-state index contributed by atoms with van der Waals surface area (Å²) in [5.41, 5.74) is 3.68. The molecule has 13 heavy (non-hydrogen) atoms. The minimum atomic E-state index is 0.889. The van der Waals surface area contributed by atoms with Crippen LogP contribution in [0.25, 0.3) is 22.1 Å². The number of hydrogen-bond acceptors (Lipinski definition) is 3. The van der Waals surface area contributed by atoms with Crippen molar-refractivity contribution in [3.8, 4) is 0 Å². The van der Waals surface area contributed by atoms with Crippen molar-refractivity contribution < 1.29 is 0 Å². The van der Waals surface area contributed by atoms with Gasteiger partial charge in [0.25, 0.3) is 0 Å². The quantitative estimate of drug-likeness (QED) is 0.556. The Kier molecular flexibility index (Phi) is 1.14. The maximum Gasteiger partial charge on any atom is 0.116 e. The highest BCUT2D eigenvalue weighted by Gasteiger charge is 2.00. The number of benzene rings is 1. The second kappa shape index (κ2) is 2.26. The van der Waals surface area contributed by atoms with Crippen molar-refractivity contribution in [3.63, 3.8) is 0 Å². The van der Waals surface area contributed by atoms with Crippen molar-refractivity contribution in [2.75, 3.05) is 0 Å². The molecule has 0 unspecified atom stereocenters. The van der Waals surface area contributed by atoms with Gasteiger partial charge in [0.2, 0.25) is 0 Å². The average Bonchev–Trinajstić information content (AvgIpc) is 2.61. The number of imidazole rings is 1. The van der Waals surface area contributed by atoms with Gasteiger partial charge in [0.1, 0.15) is 6.33 Å². The van der Waals surface area contributed by atoms with Crippen LogP contribution in [0.15, 0.2) is 30.9 Å². The molecule has 4 nitrogen and oxygen atoms in total. The van der Waals surface area contributed by atoms with Gasteiger partial charge in [-0.15, -0.1) is 0 Å². The molecule has 0 saturated heterocycles. The van der Waals surface area contributed by atoms with Gasteiger partial charge < -0.3 is 4.98 Å². The molecule has 4 heteroatoms. The minimum absolute atomic E-state index is 0.889. The van der Waals surface area contributed by atoms with Gasteiger partial charge in [-0.2, -0.15) is 0 Å². The Morgan fingerprint density at radius 3 is 2.69 bits per heavy atom. The Labute approximate surface area is 73.7 Å². The van der Waals surface area contributed by atoms with Gasteiger partial charge in [-0.25, -0.2) is 9.97 Å². The Morgan fingerprint density at radius 1 is 0.923 bits per heavy atom. The topological polar surface area (TPSA) is 54.5 Å². The first-order chi connectivity index (χ1) is 6.43. The molecule has 3 rings (SSSR count). The molecule has 0 radical (unpaired) electrons. The van der Waals surface area contributed by atoms with Crippen LogP contribution in [0.4, 0.5) is 0 Å². The van der Waals surface area contributed by atoms with Gasteiger partial charge in [-0.05, 0) is 12.1 Å². The van der Waals surface area contributed by atoms with Crippen molar-refractivity contribution >= 4 is 22.1 Å². The first-order valence-corrected chi connectivity index (χ1v) is 3.97. The van der Waals surface area contributed by atoms with E-state index >= 15 is 0 Å². The standard InChI is InChI=1S/C9H6N4/c1-2-11-7-4-9-8(12-5-13-9)3-6(7)10-1/h1-5,10H. The third-order valence-electron chi connectivity index (χ3n) is 2.01. The molecule has 2 heterocycles. The fourth-order valence-electron chi connectivity index (χ4n) is 1.39. The molecule has 62 valence electrons. The van der Waals surface area contributed by atoms with Gasteiger partial charge in [-0.3, -0.25) is 4.98 Å². The zero-order chi connectivity index (χ0) is 8.67. The molecule has 0 spiro atoms. The number of H-pyrrole nitrogens is 1. The summed E-state index contributed by atoms with van der Waals surface area (Å²) in [5, 5.41) is 0. The number of rotatable bonds is 0. The summed E-state index contributed by atoms with van der Waals surface area (Å²) < 4.78 is 0. The van der Waals surface area contributed by atoms with Crippen molar-refractivity contribution in [1.82, 2.24) is 19.9 Å². The van der Waals surface area contributed by atoms with Gasteiger partial charge in [-0.1, -0.05) is 0 Å². The molecular weight excluding hydrogens is 164 g/mol. The molecule has 3 aromatic rings. The van der Waals surface area contributed by atoms with E-state index in [1.807, 2.05) is 12.1 Å². The normalized spacial score (nSPS) is 11.1. The van der Waals surface area contributed by atoms with Crippen LogP contribution in [-0.2, 0) is 0 Å².